The van der Waals surface area contributed by atoms with Crippen LogP contribution in [0.25, 0.3) is 0 Å². The zero-order valence-electron chi connectivity index (χ0n) is 12.6. The van der Waals surface area contributed by atoms with Crippen LogP contribution in [0.4, 0.5) is 5.69 Å². The fraction of sp³-hybridized carbons (Fsp3) is 0.500. The minimum atomic E-state index is -3.55. The summed E-state index contributed by atoms with van der Waals surface area (Å²) < 4.78 is 36.3. The lowest BCUT2D eigenvalue weighted by molar-refractivity contribution is -0.142. The SMILES string of the molecule is CS(=O)(=O)N1C[C@@H](C(=O)N2CCOCC2)Oc2ccc(Cl)cc21. The van der Waals surface area contributed by atoms with E-state index >= 15 is 0 Å². The van der Waals surface area contributed by atoms with Crippen molar-refractivity contribution in [1.82, 2.24) is 4.90 Å². The molecular weight excluding hydrogens is 344 g/mol. The topological polar surface area (TPSA) is 76.2 Å². The molecule has 1 atom stereocenters. The second-order valence-corrected chi connectivity index (χ2v) is 7.79. The van der Waals surface area contributed by atoms with Gasteiger partial charge in [-0.3, -0.25) is 9.10 Å². The smallest absolute Gasteiger partial charge is 0.265 e. The fourth-order valence-corrected chi connectivity index (χ4v) is 3.73. The van der Waals surface area contributed by atoms with E-state index in [0.717, 1.165) is 6.26 Å². The summed E-state index contributed by atoms with van der Waals surface area (Å²) in [4.78, 5) is 14.2. The Labute approximate surface area is 139 Å². The van der Waals surface area contributed by atoms with E-state index in [2.05, 4.69) is 0 Å². The van der Waals surface area contributed by atoms with Gasteiger partial charge in [0.05, 0.1) is 31.7 Å². The molecule has 1 saturated heterocycles. The molecular formula is C14H17ClN2O5S. The first-order chi connectivity index (χ1) is 10.9. The number of benzene rings is 1. The highest BCUT2D eigenvalue weighted by Gasteiger charge is 2.37. The first kappa shape index (κ1) is 16.4. The number of fused-ring (bicyclic) bond motifs is 1. The highest BCUT2D eigenvalue weighted by atomic mass is 35.5. The number of amides is 1. The molecule has 0 N–H and O–H groups in total. The maximum absolute atomic E-state index is 12.6. The number of carbonyl (C=O) groups excluding carboxylic acids is 1. The Morgan fingerprint density at radius 1 is 1.30 bits per heavy atom. The molecule has 1 aromatic carbocycles. The van der Waals surface area contributed by atoms with Crippen LogP contribution in [0.3, 0.4) is 0 Å². The molecule has 1 fully saturated rings. The second kappa shape index (κ2) is 6.18. The molecule has 0 unspecified atom stereocenters. The molecule has 7 nitrogen and oxygen atoms in total. The second-order valence-electron chi connectivity index (χ2n) is 5.45. The number of rotatable bonds is 2. The van der Waals surface area contributed by atoms with E-state index in [1.54, 1.807) is 17.0 Å². The summed E-state index contributed by atoms with van der Waals surface area (Å²) in [6, 6.07) is 4.70. The Bertz CT molecular complexity index is 718. The van der Waals surface area contributed by atoms with Crippen LogP contribution in [0.1, 0.15) is 0 Å². The van der Waals surface area contributed by atoms with Gasteiger partial charge in [0, 0.05) is 18.1 Å². The Morgan fingerprint density at radius 3 is 2.65 bits per heavy atom. The summed E-state index contributed by atoms with van der Waals surface area (Å²) >= 11 is 5.95. The number of sulfonamides is 1. The van der Waals surface area contributed by atoms with Gasteiger partial charge in [0.2, 0.25) is 10.0 Å². The molecule has 2 heterocycles. The number of ether oxygens (including phenoxy) is 2. The van der Waals surface area contributed by atoms with Crippen molar-refractivity contribution in [3.63, 3.8) is 0 Å². The molecule has 3 rings (SSSR count). The van der Waals surface area contributed by atoms with Gasteiger partial charge in [-0.25, -0.2) is 8.42 Å². The first-order valence-electron chi connectivity index (χ1n) is 7.17. The molecule has 0 saturated carbocycles. The van der Waals surface area contributed by atoms with Crippen LogP contribution < -0.4 is 9.04 Å². The van der Waals surface area contributed by atoms with Crippen molar-refractivity contribution < 1.29 is 22.7 Å². The largest absolute Gasteiger partial charge is 0.476 e. The monoisotopic (exact) mass is 360 g/mol. The van der Waals surface area contributed by atoms with Crippen molar-refractivity contribution in [3.8, 4) is 5.75 Å². The molecule has 126 valence electrons. The van der Waals surface area contributed by atoms with Gasteiger partial charge in [-0.1, -0.05) is 11.6 Å². The van der Waals surface area contributed by atoms with E-state index in [4.69, 9.17) is 21.1 Å². The Hall–Kier alpha value is -1.51. The van der Waals surface area contributed by atoms with Crippen molar-refractivity contribution in [1.29, 1.82) is 0 Å². The summed E-state index contributed by atoms with van der Waals surface area (Å²) in [5.74, 6) is 0.0974. The zero-order valence-corrected chi connectivity index (χ0v) is 14.1. The number of anilines is 1. The Balaban J connectivity index is 1.91. The predicted octanol–water partition coefficient (Wildman–Crippen LogP) is 0.726. The average molecular weight is 361 g/mol. The lowest BCUT2D eigenvalue weighted by Crippen LogP contribution is -2.53. The van der Waals surface area contributed by atoms with Crippen LogP contribution in [-0.2, 0) is 19.6 Å². The van der Waals surface area contributed by atoms with Crippen LogP contribution in [-0.4, -0.2) is 64.4 Å². The number of hydrogen-bond donors (Lipinski definition) is 0. The first-order valence-corrected chi connectivity index (χ1v) is 9.39. The number of nitrogens with zero attached hydrogens (tertiary/aromatic N) is 2. The summed E-state index contributed by atoms with van der Waals surface area (Å²) in [6.07, 6.45) is 0.218. The van der Waals surface area contributed by atoms with Crippen molar-refractivity contribution >= 4 is 33.2 Å². The summed E-state index contributed by atoms with van der Waals surface area (Å²) in [5, 5.41) is 0.402. The number of morpholine rings is 1. The van der Waals surface area contributed by atoms with Crippen molar-refractivity contribution in [3.05, 3.63) is 23.2 Å². The lowest BCUT2D eigenvalue weighted by atomic mass is 10.2. The maximum Gasteiger partial charge on any atom is 0.265 e. The molecule has 2 aliphatic rings. The third-order valence-electron chi connectivity index (χ3n) is 3.79. The van der Waals surface area contributed by atoms with E-state index in [-0.39, 0.29) is 12.5 Å². The van der Waals surface area contributed by atoms with Crippen molar-refractivity contribution in [2.24, 2.45) is 0 Å². The van der Waals surface area contributed by atoms with Gasteiger partial charge in [-0.15, -0.1) is 0 Å². The molecule has 1 aromatic rings. The zero-order chi connectivity index (χ0) is 16.6. The number of carbonyl (C=O) groups is 1. The van der Waals surface area contributed by atoms with Crippen LogP contribution in [0, 0.1) is 0 Å². The summed E-state index contributed by atoms with van der Waals surface area (Å²) in [7, 11) is -3.55. The van der Waals surface area contributed by atoms with Gasteiger partial charge >= 0.3 is 0 Å². The van der Waals surface area contributed by atoms with E-state index in [1.165, 1.54) is 10.4 Å². The van der Waals surface area contributed by atoms with Gasteiger partial charge < -0.3 is 14.4 Å². The maximum atomic E-state index is 12.6. The van der Waals surface area contributed by atoms with E-state index < -0.39 is 16.1 Å². The van der Waals surface area contributed by atoms with Gasteiger partial charge in [-0.05, 0) is 18.2 Å². The minimum Gasteiger partial charge on any atom is -0.476 e. The van der Waals surface area contributed by atoms with Crippen molar-refractivity contribution in [2.45, 2.75) is 6.10 Å². The molecule has 0 aliphatic carbocycles. The molecule has 0 aromatic heterocycles. The van der Waals surface area contributed by atoms with Gasteiger partial charge in [0.1, 0.15) is 5.75 Å². The predicted molar refractivity (Wildman–Crippen MR) is 85.5 cm³/mol. The third kappa shape index (κ3) is 3.39. The Kier molecular flexibility index (Phi) is 4.39. The van der Waals surface area contributed by atoms with Crippen LogP contribution >= 0.6 is 11.6 Å². The van der Waals surface area contributed by atoms with Crippen LogP contribution in [0.2, 0.25) is 5.02 Å². The third-order valence-corrected chi connectivity index (χ3v) is 5.17. The molecule has 9 heteroatoms. The van der Waals surface area contributed by atoms with E-state index in [0.29, 0.717) is 42.8 Å². The fourth-order valence-electron chi connectivity index (χ4n) is 2.65. The molecule has 1 amide bonds. The van der Waals surface area contributed by atoms with Gasteiger partial charge in [0.15, 0.2) is 6.10 Å². The van der Waals surface area contributed by atoms with Crippen LogP contribution in [0.15, 0.2) is 18.2 Å². The molecule has 2 aliphatic heterocycles. The van der Waals surface area contributed by atoms with Crippen LogP contribution in [0.5, 0.6) is 5.75 Å². The van der Waals surface area contributed by atoms with Crippen molar-refractivity contribution in [2.75, 3.05) is 43.4 Å². The Morgan fingerprint density at radius 2 is 2.00 bits per heavy atom. The number of hydrogen-bond acceptors (Lipinski definition) is 5. The normalized spacial score (nSPS) is 21.6. The van der Waals surface area contributed by atoms with Gasteiger partial charge in [0.25, 0.3) is 5.91 Å². The summed E-state index contributed by atoms with van der Waals surface area (Å²) in [5.41, 5.74) is 0.353. The molecule has 0 spiro atoms. The quantitative estimate of drug-likeness (QED) is 0.777. The molecule has 0 bridgehead atoms. The minimum absolute atomic E-state index is 0.0671. The molecule has 0 radical (unpaired) electrons. The number of halogens is 1. The summed E-state index contributed by atoms with van der Waals surface area (Å²) in [6.45, 7) is 1.83. The highest BCUT2D eigenvalue weighted by molar-refractivity contribution is 7.92. The lowest BCUT2D eigenvalue weighted by Gasteiger charge is -2.37. The van der Waals surface area contributed by atoms with Gasteiger partial charge in [-0.2, -0.15) is 0 Å². The van der Waals surface area contributed by atoms with E-state index in [9.17, 15) is 13.2 Å². The highest BCUT2D eigenvalue weighted by Crippen LogP contribution is 2.37. The molecule has 23 heavy (non-hydrogen) atoms. The average Bonchev–Trinajstić information content (AvgIpc) is 2.53. The standard InChI is InChI=1S/C14H17ClN2O5S/c1-23(19,20)17-9-13(14(18)16-4-6-21-7-5-16)22-12-3-2-10(15)8-11(12)17/h2-3,8,13H,4-7,9H2,1H3/t13-/m0/s1. The van der Waals surface area contributed by atoms with E-state index in [1.807, 2.05) is 0 Å².